The van der Waals surface area contributed by atoms with Crippen LogP contribution in [0.5, 0.6) is 0 Å². The van der Waals surface area contributed by atoms with Gasteiger partial charge in [0, 0.05) is 18.6 Å². The Balaban J connectivity index is 1.88. The number of thiazole rings is 1. The van der Waals surface area contributed by atoms with Crippen molar-refractivity contribution in [3.63, 3.8) is 0 Å². The van der Waals surface area contributed by atoms with Crippen molar-refractivity contribution in [2.24, 2.45) is 0 Å². The Morgan fingerprint density at radius 1 is 1.69 bits per heavy atom. The molecule has 1 N–H and O–H groups in total. The zero-order chi connectivity index (χ0) is 11.4. The second-order valence-electron chi connectivity index (χ2n) is 4.12. The first kappa shape index (κ1) is 11.5. The Morgan fingerprint density at radius 2 is 2.56 bits per heavy atom. The average Bonchev–Trinajstić information content (AvgIpc) is 2.82. The van der Waals surface area contributed by atoms with Crippen LogP contribution < -0.4 is 5.32 Å². The minimum Gasteiger partial charge on any atom is -0.338 e. The second kappa shape index (κ2) is 5.41. The molecular weight excluding hydrogens is 222 g/mol. The van der Waals surface area contributed by atoms with E-state index in [4.69, 9.17) is 0 Å². The molecule has 1 aliphatic heterocycles. The van der Waals surface area contributed by atoms with E-state index in [9.17, 15) is 4.79 Å². The van der Waals surface area contributed by atoms with Gasteiger partial charge in [-0.3, -0.25) is 4.79 Å². The molecule has 2 heterocycles. The predicted octanol–water partition coefficient (Wildman–Crippen LogP) is 1.24. The van der Waals surface area contributed by atoms with E-state index in [0.717, 1.165) is 24.4 Å². The molecule has 0 saturated carbocycles. The highest BCUT2D eigenvalue weighted by atomic mass is 32.1. The molecule has 0 aromatic carbocycles. The third-order valence-corrected chi connectivity index (χ3v) is 3.60. The van der Waals surface area contributed by atoms with Crippen LogP contribution in [-0.4, -0.2) is 35.4 Å². The molecule has 0 radical (unpaired) electrons. The van der Waals surface area contributed by atoms with Crippen molar-refractivity contribution in [1.29, 1.82) is 0 Å². The summed E-state index contributed by atoms with van der Waals surface area (Å²) in [6.45, 7) is 1.58. The van der Waals surface area contributed by atoms with Gasteiger partial charge in [-0.05, 0) is 19.4 Å². The number of rotatable bonds is 3. The summed E-state index contributed by atoms with van der Waals surface area (Å²) in [5.41, 5.74) is 0. The quantitative estimate of drug-likeness (QED) is 0.863. The van der Waals surface area contributed by atoms with Crippen LogP contribution in [0.2, 0.25) is 0 Å². The number of hydrogen-bond acceptors (Lipinski definition) is 4. The molecule has 0 unspecified atom stereocenters. The van der Waals surface area contributed by atoms with E-state index in [0.29, 0.717) is 6.54 Å². The van der Waals surface area contributed by atoms with Crippen LogP contribution in [0.3, 0.4) is 0 Å². The summed E-state index contributed by atoms with van der Waals surface area (Å²) in [6, 6.07) is 0.0127. The number of nitrogens with zero attached hydrogens (tertiary/aromatic N) is 2. The predicted molar refractivity (Wildman–Crippen MR) is 64.2 cm³/mol. The zero-order valence-electron chi connectivity index (χ0n) is 9.48. The minimum absolute atomic E-state index is 0.0127. The maximum Gasteiger partial charge on any atom is 0.239 e. The third kappa shape index (κ3) is 2.80. The first-order chi connectivity index (χ1) is 7.77. The number of amides is 1. The molecule has 1 atom stereocenters. The molecule has 4 nitrogen and oxygen atoms in total. The van der Waals surface area contributed by atoms with Crippen molar-refractivity contribution >= 4 is 17.2 Å². The summed E-state index contributed by atoms with van der Waals surface area (Å²) >= 11 is 1.59. The minimum atomic E-state index is 0.0127. The standard InChI is InChI=1S/C11H17N3OS/c1-14(8-10-13-6-7-16-10)11(15)9-4-2-3-5-12-9/h6-7,9,12H,2-5,8H2,1H3/t9-/m1/s1. The van der Waals surface area contributed by atoms with E-state index < -0.39 is 0 Å². The van der Waals surface area contributed by atoms with Crippen LogP contribution in [0.25, 0.3) is 0 Å². The van der Waals surface area contributed by atoms with Gasteiger partial charge in [0.05, 0.1) is 12.6 Å². The number of nitrogens with one attached hydrogen (secondary N) is 1. The van der Waals surface area contributed by atoms with Gasteiger partial charge in [0.1, 0.15) is 5.01 Å². The van der Waals surface area contributed by atoms with Crippen molar-refractivity contribution in [2.75, 3.05) is 13.6 Å². The van der Waals surface area contributed by atoms with Gasteiger partial charge in [0.15, 0.2) is 0 Å². The molecule has 0 bridgehead atoms. The molecule has 16 heavy (non-hydrogen) atoms. The second-order valence-corrected chi connectivity index (χ2v) is 5.10. The molecular formula is C11H17N3OS. The highest BCUT2D eigenvalue weighted by Crippen LogP contribution is 2.12. The molecule has 1 aromatic rings. The molecule has 1 aromatic heterocycles. The number of carbonyl (C=O) groups excluding carboxylic acids is 1. The van der Waals surface area contributed by atoms with Crippen LogP contribution >= 0.6 is 11.3 Å². The summed E-state index contributed by atoms with van der Waals surface area (Å²) in [5.74, 6) is 0.190. The fourth-order valence-electron chi connectivity index (χ4n) is 1.94. The number of hydrogen-bond donors (Lipinski definition) is 1. The summed E-state index contributed by atoms with van der Waals surface area (Å²) < 4.78 is 0. The fourth-order valence-corrected chi connectivity index (χ4v) is 2.61. The highest BCUT2D eigenvalue weighted by molar-refractivity contribution is 7.09. The van der Waals surface area contributed by atoms with Crippen molar-refractivity contribution in [2.45, 2.75) is 31.8 Å². The highest BCUT2D eigenvalue weighted by Gasteiger charge is 2.23. The van der Waals surface area contributed by atoms with Crippen LogP contribution in [-0.2, 0) is 11.3 Å². The first-order valence-electron chi connectivity index (χ1n) is 5.64. The number of likely N-dealkylation sites (N-methyl/N-ethyl adjacent to an activating group) is 1. The lowest BCUT2D eigenvalue weighted by atomic mass is 10.0. The van der Waals surface area contributed by atoms with Crippen LogP contribution in [0, 0.1) is 0 Å². The largest absolute Gasteiger partial charge is 0.338 e. The third-order valence-electron chi connectivity index (χ3n) is 2.84. The maximum absolute atomic E-state index is 12.1. The van der Waals surface area contributed by atoms with E-state index in [1.807, 2.05) is 12.4 Å². The van der Waals surface area contributed by atoms with Gasteiger partial charge in [-0.2, -0.15) is 0 Å². The van der Waals surface area contributed by atoms with Crippen molar-refractivity contribution in [3.05, 3.63) is 16.6 Å². The van der Waals surface area contributed by atoms with E-state index in [1.54, 1.807) is 22.4 Å². The van der Waals surface area contributed by atoms with E-state index >= 15 is 0 Å². The van der Waals surface area contributed by atoms with Crippen LogP contribution in [0.15, 0.2) is 11.6 Å². The number of piperidine rings is 1. The molecule has 0 spiro atoms. The lowest BCUT2D eigenvalue weighted by Gasteiger charge is -2.26. The molecule has 2 rings (SSSR count). The van der Waals surface area contributed by atoms with Crippen LogP contribution in [0.1, 0.15) is 24.3 Å². The molecule has 1 saturated heterocycles. The number of carbonyl (C=O) groups is 1. The molecule has 1 amide bonds. The van der Waals surface area contributed by atoms with Gasteiger partial charge in [-0.25, -0.2) is 4.98 Å². The first-order valence-corrected chi connectivity index (χ1v) is 6.52. The average molecular weight is 239 g/mol. The van der Waals surface area contributed by atoms with E-state index in [1.165, 1.54) is 6.42 Å². The van der Waals surface area contributed by atoms with Gasteiger partial charge in [-0.1, -0.05) is 6.42 Å². The van der Waals surface area contributed by atoms with Gasteiger partial charge < -0.3 is 10.2 Å². The fraction of sp³-hybridized carbons (Fsp3) is 0.636. The molecule has 1 fully saturated rings. The number of aromatic nitrogens is 1. The van der Waals surface area contributed by atoms with Crippen molar-refractivity contribution in [3.8, 4) is 0 Å². The molecule has 88 valence electrons. The van der Waals surface area contributed by atoms with Crippen molar-refractivity contribution < 1.29 is 4.79 Å². The molecule has 1 aliphatic rings. The van der Waals surface area contributed by atoms with E-state index in [2.05, 4.69) is 10.3 Å². The Labute approximate surface area is 99.7 Å². The summed E-state index contributed by atoms with van der Waals surface area (Å²) in [4.78, 5) is 18.0. The SMILES string of the molecule is CN(Cc1nccs1)C(=O)[C@H]1CCCCN1. The Kier molecular flexibility index (Phi) is 3.90. The summed E-state index contributed by atoms with van der Waals surface area (Å²) in [5, 5.41) is 6.20. The lowest BCUT2D eigenvalue weighted by molar-refractivity contribution is -0.133. The van der Waals surface area contributed by atoms with Gasteiger partial charge in [-0.15, -0.1) is 11.3 Å². The smallest absolute Gasteiger partial charge is 0.239 e. The van der Waals surface area contributed by atoms with Crippen molar-refractivity contribution in [1.82, 2.24) is 15.2 Å². The molecule has 5 heteroatoms. The Hall–Kier alpha value is -0.940. The summed E-state index contributed by atoms with van der Waals surface area (Å²) in [7, 11) is 1.85. The van der Waals surface area contributed by atoms with Gasteiger partial charge in [0.25, 0.3) is 0 Å². The van der Waals surface area contributed by atoms with Gasteiger partial charge in [0.2, 0.25) is 5.91 Å². The monoisotopic (exact) mass is 239 g/mol. The maximum atomic E-state index is 12.1. The Bertz CT molecular complexity index is 333. The lowest BCUT2D eigenvalue weighted by Crippen LogP contribution is -2.46. The van der Waals surface area contributed by atoms with Crippen LogP contribution in [0.4, 0.5) is 0 Å². The molecule has 0 aliphatic carbocycles. The summed E-state index contributed by atoms with van der Waals surface area (Å²) in [6.07, 6.45) is 5.06. The van der Waals surface area contributed by atoms with Gasteiger partial charge >= 0.3 is 0 Å². The topological polar surface area (TPSA) is 45.2 Å². The Morgan fingerprint density at radius 3 is 3.19 bits per heavy atom. The zero-order valence-corrected chi connectivity index (χ0v) is 10.3. The van der Waals surface area contributed by atoms with E-state index in [-0.39, 0.29) is 11.9 Å². The normalized spacial score (nSPS) is 20.7.